The SMILES string of the molecule is Cc1ccc(SC(C)C(=O)N(C)Cc2snnc2C)cc1. The zero-order chi connectivity index (χ0) is 15.4. The molecule has 4 nitrogen and oxygen atoms in total. The minimum Gasteiger partial charge on any atom is -0.340 e. The molecule has 6 heteroatoms. The Morgan fingerprint density at radius 3 is 2.57 bits per heavy atom. The van der Waals surface area contributed by atoms with Crippen molar-refractivity contribution in [3.63, 3.8) is 0 Å². The number of carbonyl (C=O) groups is 1. The molecule has 0 radical (unpaired) electrons. The maximum absolute atomic E-state index is 12.4. The van der Waals surface area contributed by atoms with Crippen molar-refractivity contribution in [1.29, 1.82) is 0 Å². The minimum atomic E-state index is -0.112. The molecule has 1 heterocycles. The average molecular weight is 321 g/mol. The summed E-state index contributed by atoms with van der Waals surface area (Å²) >= 11 is 2.94. The fourth-order valence-corrected chi connectivity index (χ4v) is 3.54. The molecule has 0 aliphatic heterocycles. The van der Waals surface area contributed by atoms with Crippen LogP contribution in [0.5, 0.6) is 0 Å². The number of rotatable bonds is 5. The van der Waals surface area contributed by atoms with E-state index < -0.39 is 0 Å². The largest absolute Gasteiger partial charge is 0.340 e. The number of hydrogen-bond donors (Lipinski definition) is 0. The number of thioether (sulfide) groups is 1. The van der Waals surface area contributed by atoms with Crippen LogP contribution in [-0.4, -0.2) is 32.7 Å². The van der Waals surface area contributed by atoms with Crippen LogP contribution in [0.25, 0.3) is 0 Å². The number of aryl methyl sites for hydroxylation is 2. The van der Waals surface area contributed by atoms with Gasteiger partial charge in [-0.3, -0.25) is 4.79 Å². The monoisotopic (exact) mass is 321 g/mol. The molecule has 1 aromatic heterocycles. The van der Waals surface area contributed by atoms with Gasteiger partial charge in [-0.1, -0.05) is 22.2 Å². The zero-order valence-corrected chi connectivity index (χ0v) is 14.3. The van der Waals surface area contributed by atoms with E-state index in [1.807, 2.05) is 20.9 Å². The van der Waals surface area contributed by atoms with Crippen molar-refractivity contribution in [1.82, 2.24) is 14.5 Å². The lowest BCUT2D eigenvalue weighted by Gasteiger charge is -2.20. The third-order valence-corrected chi connectivity index (χ3v) is 5.09. The third-order valence-electron chi connectivity index (χ3n) is 3.18. The Kier molecular flexibility index (Phi) is 5.36. The summed E-state index contributed by atoms with van der Waals surface area (Å²) in [5.41, 5.74) is 2.13. The molecule has 1 amide bonds. The Labute approximate surface area is 133 Å². The van der Waals surface area contributed by atoms with Crippen LogP contribution in [0.1, 0.15) is 23.1 Å². The molecule has 2 rings (SSSR count). The lowest BCUT2D eigenvalue weighted by atomic mass is 10.2. The van der Waals surface area contributed by atoms with Gasteiger partial charge in [-0.2, -0.15) is 0 Å². The number of benzene rings is 1. The molecule has 0 spiro atoms. The van der Waals surface area contributed by atoms with E-state index in [-0.39, 0.29) is 11.2 Å². The first-order valence-corrected chi connectivity index (χ1v) is 8.39. The molecule has 0 N–H and O–H groups in total. The molecule has 0 saturated heterocycles. The van der Waals surface area contributed by atoms with Crippen LogP contribution in [0.4, 0.5) is 0 Å². The molecular weight excluding hydrogens is 302 g/mol. The normalized spacial score (nSPS) is 12.2. The van der Waals surface area contributed by atoms with E-state index in [4.69, 9.17) is 0 Å². The molecular formula is C15H19N3OS2. The summed E-state index contributed by atoms with van der Waals surface area (Å²) in [6.07, 6.45) is 0. The van der Waals surface area contributed by atoms with Crippen molar-refractivity contribution in [2.75, 3.05) is 7.05 Å². The highest BCUT2D eigenvalue weighted by Gasteiger charge is 2.20. The van der Waals surface area contributed by atoms with E-state index in [0.717, 1.165) is 15.5 Å². The van der Waals surface area contributed by atoms with E-state index in [0.29, 0.717) is 6.54 Å². The number of hydrogen-bond acceptors (Lipinski definition) is 5. The fourth-order valence-electron chi connectivity index (χ4n) is 1.87. The number of amides is 1. The van der Waals surface area contributed by atoms with E-state index >= 15 is 0 Å². The van der Waals surface area contributed by atoms with E-state index in [2.05, 4.69) is 40.8 Å². The van der Waals surface area contributed by atoms with Crippen LogP contribution in [0, 0.1) is 13.8 Å². The van der Waals surface area contributed by atoms with Crippen molar-refractivity contribution in [3.8, 4) is 0 Å². The predicted molar refractivity (Wildman–Crippen MR) is 87.6 cm³/mol. The molecule has 1 unspecified atom stereocenters. The van der Waals surface area contributed by atoms with Gasteiger partial charge in [0.1, 0.15) is 0 Å². The molecule has 0 aliphatic rings. The van der Waals surface area contributed by atoms with Gasteiger partial charge in [0.2, 0.25) is 5.91 Å². The van der Waals surface area contributed by atoms with Gasteiger partial charge >= 0.3 is 0 Å². The first-order chi connectivity index (χ1) is 9.97. The Morgan fingerprint density at radius 1 is 1.33 bits per heavy atom. The number of nitrogens with zero attached hydrogens (tertiary/aromatic N) is 3. The molecule has 2 aromatic rings. The Bertz CT molecular complexity index is 610. The lowest BCUT2D eigenvalue weighted by Crippen LogP contribution is -2.32. The van der Waals surface area contributed by atoms with Gasteiger partial charge in [-0.25, -0.2) is 0 Å². The van der Waals surface area contributed by atoms with Gasteiger partial charge in [-0.15, -0.1) is 16.9 Å². The second-order valence-corrected chi connectivity index (χ2v) is 7.30. The maximum atomic E-state index is 12.4. The molecule has 0 bridgehead atoms. The summed E-state index contributed by atoms with van der Waals surface area (Å²) in [4.78, 5) is 16.3. The smallest absolute Gasteiger partial charge is 0.235 e. The molecule has 112 valence electrons. The van der Waals surface area contributed by atoms with Crippen LogP contribution in [-0.2, 0) is 11.3 Å². The Balaban J connectivity index is 1.95. The molecule has 0 fully saturated rings. The molecule has 0 aliphatic carbocycles. The molecule has 1 aromatic carbocycles. The second-order valence-electron chi connectivity index (χ2n) is 5.05. The Hall–Kier alpha value is -1.40. The average Bonchev–Trinajstić information content (AvgIpc) is 2.86. The first kappa shape index (κ1) is 16.0. The highest BCUT2D eigenvalue weighted by molar-refractivity contribution is 8.00. The molecule has 0 saturated carbocycles. The van der Waals surface area contributed by atoms with E-state index in [1.165, 1.54) is 17.1 Å². The van der Waals surface area contributed by atoms with Gasteiger partial charge in [-0.05, 0) is 44.4 Å². The van der Waals surface area contributed by atoms with Gasteiger partial charge in [0.15, 0.2) is 0 Å². The van der Waals surface area contributed by atoms with E-state index in [9.17, 15) is 4.79 Å². The summed E-state index contributed by atoms with van der Waals surface area (Å²) in [7, 11) is 1.83. The van der Waals surface area contributed by atoms with Crippen molar-refractivity contribution in [2.24, 2.45) is 0 Å². The summed E-state index contributed by atoms with van der Waals surface area (Å²) in [5, 5.41) is 3.86. The van der Waals surface area contributed by atoms with Crippen LogP contribution in [0.2, 0.25) is 0 Å². The maximum Gasteiger partial charge on any atom is 0.235 e. The van der Waals surface area contributed by atoms with Crippen molar-refractivity contribution in [3.05, 3.63) is 40.4 Å². The van der Waals surface area contributed by atoms with E-state index in [1.54, 1.807) is 16.7 Å². The van der Waals surface area contributed by atoms with Crippen LogP contribution < -0.4 is 0 Å². The van der Waals surface area contributed by atoms with Gasteiger partial charge in [0, 0.05) is 11.9 Å². The third kappa shape index (κ3) is 4.28. The molecule has 21 heavy (non-hydrogen) atoms. The van der Waals surface area contributed by atoms with Gasteiger partial charge in [0.05, 0.1) is 22.4 Å². The highest BCUT2D eigenvalue weighted by atomic mass is 32.2. The Morgan fingerprint density at radius 2 is 2.00 bits per heavy atom. The first-order valence-electron chi connectivity index (χ1n) is 6.73. The van der Waals surface area contributed by atoms with Crippen LogP contribution in [0.15, 0.2) is 29.2 Å². The van der Waals surface area contributed by atoms with Crippen molar-refractivity contribution in [2.45, 2.75) is 37.5 Å². The minimum absolute atomic E-state index is 0.112. The standard InChI is InChI=1S/C15H19N3OS2/c1-10-5-7-13(8-6-10)20-12(3)15(19)18(4)9-14-11(2)16-17-21-14/h5-8,12H,9H2,1-4H3. The van der Waals surface area contributed by atoms with Crippen LogP contribution >= 0.6 is 23.3 Å². The van der Waals surface area contributed by atoms with Crippen molar-refractivity contribution < 1.29 is 4.79 Å². The van der Waals surface area contributed by atoms with Crippen molar-refractivity contribution >= 4 is 29.2 Å². The number of carbonyl (C=O) groups excluding carboxylic acids is 1. The summed E-state index contributed by atoms with van der Waals surface area (Å²) in [6.45, 7) is 6.49. The summed E-state index contributed by atoms with van der Waals surface area (Å²) in [6, 6.07) is 8.24. The number of aromatic nitrogens is 2. The zero-order valence-electron chi connectivity index (χ0n) is 12.7. The lowest BCUT2D eigenvalue weighted by molar-refractivity contribution is -0.129. The predicted octanol–water partition coefficient (Wildman–Crippen LogP) is 3.29. The fraction of sp³-hybridized carbons (Fsp3) is 0.400. The second kappa shape index (κ2) is 7.04. The van der Waals surface area contributed by atoms with Gasteiger partial charge in [0.25, 0.3) is 0 Å². The summed E-state index contributed by atoms with van der Waals surface area (Å²) < 4.78 is 3.90. The topological polar surface area (TPSA) is 46.1 Å². The van der Waals surface area contributed by atoms with Gasteiger partial charge < -0.3 is 4.90 Å². The van der Waals surface area contributed by atoms with Crippen LogP contribution in [0.3, 0.4) is 0 Å². The summed E-state index contributed by atoms with van der Waals surface area (Å²) in [5.74, 6) is 0.119. The molecule has 1 atom stereocenters. The highest BCUT2D eigenvalue weighted by Crippen LogP contribution is 2.25. The quantitative estimate of drug-likeness (QED) is 0.793.